The molecule has 2 aromatic carbocycles. The average molecular weight is 347 g/mol. The lowest BCUT2D eigenvalue weighted by Gasteiger charge is -2.07. The van der Waals surface area contributed by atoms with Crippen LogP contribution in [0.5, 0.6) is 0 Å². The van der Waals surface area contributed by atoms with Crippen LogP contribution >= 0.6 is 11.6 Å². The number of hydrogen-bond donors (Lipinski definition) is 0. The second-order valence-corrected chi connectivity index (χ2v) is 7.46. The van der Waals surface area contributed by atoms with Gasteiger partial charge in [0.1, 0.15) is 10.9 Å². The first-order valence-corrected chi connectivity index (χ1v) is 8.70. The molecule has 0 radical (unpaired) electrons. The van der Waals surface area contributed by atoms with Crippen LogP contribution in [-0.2, 0) is 11.4 Å². The van der Waals surface area contributed by atoms with Gasteiger partial charge in [-0.05, 0) is 26.0 Å². The molecule has 1 heterocycles. The fourth-order valence-corrected chi connectivity index (χ4v) is 2.78. The summed E-state index contributed by atoms with van der Waals surface area (Å²) in [5.41, 5.74) is 3.06. The smallest absolute Gasteiger partial charge is 0.169 e. The Balaban J connectivity index is 2.06. The Morgan fingerprint density at radius 2 is 2.04 bits per heavy atom. The Hall–Kier alpha value is -1.82. The summed E-state index contributed by atoms with van der Waals surface area (Å²) in [6.07, 6.45) is 1.63. The summed E-state index contributed by atoms with van der Waals surface area (Å²) in [6.45, 7) is 3.74. The molecule has 0 aliphatic rings. The van der Waals surface area contributed by atoms with Gasteiger partial charge in [-0.2, -0.15) is 0 Å². The summed E-state index contributed by atoms with van der Waals surface area (Å²) in [5.74, 6) is 0. The molecular weight excluding hydrogens is 332 g/mol. The van der Waals surface area contributed by atoms with Gasteiger partial charge in [0.05, 0.1) is 17.6 Å². The van der Waals surface area contributed by atoms with Crippen LogP contribution in [0.2, 0.25) is 5.02 Å². The lowest BCUT2D eigenvalue weighted by atomic mass is 10.0. The van der Waals surface area contributed by atoms with Gasteiger partial charge in [-0.3, -0.25) is 0 Å². The van der Waals surface area contributed by atoms with E-state index in [1.165, 1.54) is 0 Å². The van der Waals surface area contributed by atoms with Crippen molar-refractivity contribution in [1.82, 2.24) is 5.16 Å². The van der Waals surface area contributed by atoms with Crippen molar-refractivity contribution in [2.24, 2.45) is 4.40 Å². The van der Waals surface area contributed by atoms with Crippen molar-refractivity contribution >= 4 is 40.1 Å². The van der Waals surface area contributed by atoms with Crippen LogP contribution in [0.4, 0.5) is 0 Å². The Morgan fingerprint density at radius 1 is 1.26 bits per heavy atom. The van der Waals surface area contributed by atoms with Gasteiger partial charge in [0.25, 0.3) is 0 Å². The first-order chi connectivity index (χ1) is 11.1. The topological polar surface area (TPSA) is 61.5 Å². The maximum atomic E-state index is 11.8. The largest absolute Gasteiger partial charge is 0.591 e. The number of rotatable bonds is 4. The quantitative estimate of drug-likeness (QED) is 0.510. The van der Waals surface area contributed by atoms with E-state index in [2.05, 4.69) is 9.55 Å². The molecule has 3 aromatic rings. The number of halogens is 1. The SMILES string of the molecule is CC(C)[S@+]([O-])/N=C/c1ccccc1-c1noc2cc(Cl)ccc12. The lowest BCUT2D eigenvalue weighted by Crippen LogP contribution is -2.10. The maximum absolute atomic E-state index is 11.8. The van der Waals surface area contributed by atoms with E-state index in [-0.39, 0.29) is 5.25 Å². The van der Waals surface area contributed by atoms with Gasteiger partial charge in [0.2, 0.25) is 0 Å². The minimum Gasteiger partial charge on any atom is -0.591 e. The molecule has 4 nitrogen and oxygen atoms in total. The highest BCUT2D eigenvalue weighted by molar-refractivity contribution is 7.90. The molecule has 0 unspecified atom stereocenters. The van der Waals surface area contributed by atoms with Gasteiger partial charge >= 0.3 is 0 Å². The van der Waals surface area contributed by atoms with Crippen LogP contribution in [0.15, 0.2) is 51.4 Å². The predicted octanol–water partition coefficient (Wildman–Crippen LogP) is 4.64. The summed E-state index contributed by atoms with van der Waals surface area (Å²) in [6, 6.07) is 13.1. The van der Waals surface area contributed by atoms with Crippen molar-refractivity contribution in [1.29, 1.82) is 0 Å². The highest BCUT2D eigenvalue weighted by Crippen LogP contribution is 2.31. The molecule has 1 aromatic heterocycles. The minimum absolute atomic E-state index is 0.0200. The fraction of sp³-hybridized carbons (Fsp3) is 0.176. The van der Waals surface area contributed by atoms with Crippen molar-refractivity contribution in [3.63, 3.8) is 0 Å². The normalized spacial score (nSPS) is 13.3. The molecule has 0 N–H and O–H groups in total. The fourth-order valence-electron chi connectivity index (χ4n) is 2.16. The monoisotopic (exact) mass is 346 g/mol. The average Bonchev–Trinajstić information content (AvgIpc) is 2.95. The molecule has 0 saturated carbocycles. The van der Waals surface area contributed by atoms with Gasteiger partial charge in [0, 0.05) is 27.6 Å². The summed E-state index contributed by atoms with van der Waals surface area (Å²) in [7, 11) is 0. The third-order valence-corrected chi connectivity index (χ3v) is 4.70. The molecule has 0 amide bonds. The van der Waals surface area contributed by atoms with Gasteiger partial charge in [-0.15, -0.1) is 0 Å². The Morgan fingerprint density at radius 3 is 2.83 bits per heavy atom. The zero-order valence-corrected chi connectivity index (χ0v) is 14.3. The van der Waals surface area contributed by atoms with E-state index in [0.717, 1.165) is 16.5 Å². The third-order valence-electron chi connectivity index (χ3n) is 3.35. The summed E-state index contributed by atoms with van der Waals surface area (Å²) < 4.78 is 21.3. The van der Waals surface area contributed by atoms with E-state index in [4.69, 9.17) is 16.1 Å². The van der Waals surface area contributed by atoms with E-state index >= 15 is 0 Å². The van der Waals surface area contributed by atoms with E-state index in [9.17, 15) is 4.55 Å². The van der Waals surface area contributed by atoms with Gasteiger partial charge in [-0.1, -0.05) is 45.4 Å². The van der Waals surface area contributed by atoms with Crippen molar-refractivity contribution in [3.8, 4) is 11.3 Å². The lowest BCUT2D eigenvalue weighted by molar-refractivity contribution is 0.459. The number of hydrogen-bond acceptors (Lipinski definition) is 4. The van der Waals surface area contributed by atoms with Crippen molar-refractivity contribution in [3.05, 3.63) is 53.1 Å². The maximum Gasteiger partial charge on any atom is 0.169 e. The molecule has 3 rings (SSSR count). The van der Waals surface area contributed by atoms with Crippen LogP contribution in [0.25, 0.3) is 22.2 Å². The zero-order chi connectivity index (χ0) is 16.4. The summed E-state index contributed by atoms with van der Waals surface area (Å²) in [4.78, 5) is 0. The minimum atomic E-state index is -1.25. The predicted molar refractivity (Wildman–Crippen MR) is 95.3 cm³/mol. The Labute approximate surface area is 142 Å². The first-order valence-electron chi connectivity index (χ1n) is 7.15. The highest BCUT2D eigenvalue weighted by Gasteiger charge is 2.14. The molecule has 118 valence electrons. The van der Waals surface area contributed by atoms with Crippen LogP contribution in [0, 0.1) is 0 Å². The second kappa shape index (κ2) is 6.74. The Bertz CT molecular complexity index is 861. The van der Waals surface area contributed by atoms with Crippen molar-refractivity contribution in [2.75, 3.05) is 0 Å². The number of fused-ring (bicyclic) bond motifs is 1. The Kier molecular flexibility index (Phi) is 4.71. The van der Waals surface area contributed by atoms with E-state index in [1.54, 1.807) is 18.3 Å². The second-order valence-electron chi connectivity index (χ2n) is 5.32. The zero-order valence-electron chi connectivity index (χ0n) is 12.7. The molecule has 0 spiro atoms. The van der Waals surface area contributed by atoms with Crippen LogP contribution in [0.1, 0.15) is 19.4 Å². The van der Waals surface area contributed by atoms with E-state index in [1.807, 2.05) is 44.2 Å². The summed E-state index contributed by atoms with van der Waals surface area (Å²) in [5, 5.41) is 5.61. The van der Waals surface area contributed by atoms with Crippen LogP contribution < -0.4 is 0 Å². The van der Waals surface area contributed by atoms with Gasteiger partial charge in [0.15, 0.2) is 5.58 Å². The number of aromatic nitrogens is 1. The molecule has 23 heavy (non-hydrogen) atoms. The van der Waals surface area contributed by atoms with Crippen molar-refractivity contribution in [2.45, 2.75) is 19.1 Å². The first kappa shape index (κ1) is 16.1. The third kappa shape index (κ3) is 3.42. The molecule has 0 fully saturated rings. The van der Waals surface area contributed by atoms with E-state index < -0.39 is 11.4 Å². The molecule has 0 saturated heterocycles. The molecule has 0 bridgehead atoms. The summed E-state index contributed by atoms with van der Waals surface area (Å²) >= 11 is 4.73. The molecule has 0 aliphatic heterocycles. The van der Waals surface area contributed by atoms with Crippen molar-refractivity contribution < 1.29 is 9.08 Å². The van der Waals surface area contributed by atoms with E-state index in [0.29, 0.717) is 16.3 Å². The highest BCUT2D eigenvalue weighted by atomic mass is 35.5. The van der Waals surface area contributed by atoms with Gasteiger partial charge < -0.3 is 9.08 Å². The number of benzene rings is 2. The molecule has 0 aliphatic carbocycles. The molecular formula is C17H15ClN2O2S. The number of nitrogens with zero attached hydrogens (tertiary/aromatic N) is 2. The standard InChI is InChI=1S/C17H15ClN2O2S/c1-11(2)23(21)19-10-12-5-3-4-6-14(12)17-15-8-7-13(18)9-16(15)22-20-17/h3-11H,1-2H3/b19-10+/t23-/m0/s1. The molecule has 1 atom stereocenters. The van der Waals surface area contributed by atoms with Crippen LogP contribution in [0.3, 0.4) is 0 Å². The van der Waals surface area contributed by atoms with Crippen LogP contribution in [-0.4, -0.2) is 21.2 Å². The molecule has 6 heteroatoms. The van der Waals surface area contributed by atoms with Gasteiger partial charge in [-0.25, -0.2) is 0 Å².